The quantitative estimate of drug-likeness (QED) is 0.932. The van der Waals surface area contributed by atoms with Gasteiger partial charge in [-0.05, 0) is 33.3 Å². The van der Waals surface area contributed by atoms with E-state index in [-0.39, 0.29) is 5.16 Å². The molecule has 1 aromatic heterocycles. The van der Waals surface area contributed by atoms with E-state index >= 15 is 0 Å². The van der Waals surface area contributed by atoms with E-state index in [2.05, 4.69) is 10.2 Å². The van der Waals surface area contributed by atoms with Crippen LogP contribution in [0, 0.1) is 6.92 Å². The molecule has 0 amide bonds. The third kappa shape index (κ3) is 3.48. The molecule has 0 saturated carbocycles. The van der Waals surface area contributed by atoms with E-state index in [1.807, 2.05) is 52.0 Å². The largest absolute Gasteiger partial charge is 0.295 e. The summed E-state index contributed by atoms with van der Waals surface area (Å²) in [7, 11) is -3.91. The van der Waals surface area contributed by atoms with Gasteiger partial charge in [0, 0.05) is 12.0 Å². The lowest BCUT2D eigenvalue weighted by Gasteiger charge is -2.24. The zero-order valence-corrected chi connectivity index (χ0v) is 13.5. The highest BCUT2D eigenvalue weighted by Gasteiger charge is 2.28. The molecule has 0 aliphatic rings. The Morgan fingerprint density at radius 3 is 2.19 bits per heavy atom. The fourth-order valence-electron chi connectivity index (χ4n) is 2.16. The van der Waals surface area contributed by atoms with Crippen LogP contribution in [-0.4, -0.2) is 23.2 Å². The van der Waals surface area contributed by atoms with E-state index in [0.29, 0.717) is 12.2 Å². The molecule has 2 aromatic rings. The molecule has 7 heteroatoms. The third-order valence-electron chi connectivity index (χ3n) is 3.11. The number of hydrogen-bond donors (Lipinski definition) is 1. The SMILES string of the molecule is Cc1ccc(Cc2nnc(S(N)(=O)=O)n2C(C)(C)C)cc1. The Morgan fingerprint density at radius 1 is 1.14 bits per heavy atom. The van der Waals surface area contributed by atoms with Crippen molar-refractivity contribution in [3.8, 4) is 0 Å². The summed E-state index contributed by atoms with van der Waals surface area (Å²) in [6, 6.07) is 8.00. The second-order valence-corrected chi connectivity index (χ2v) is 7.57. The number of hydrogen-bond acceptors (Lipinski definition) is 4. The Kier molecular flexibility index (Phi) is 3.90. The number of primary sulfonamides is 1. The van der Waals surface area contributed by atoms with Crippen molar-refractivity contribution in [2.24, 2.45) is 5.14 Å². The van der Waals surface area contributed by atoms with Crippen LogP contribution in [-0.2, 0) is 22.0 Å². The summed E-state index contributed by atoms with van der Waals surface area (Å²) in [4.78, 5) is 0. The van der Waals surface area contributed by atoms with E-state index < -0.39 is 15.6 Å². The molecule has 1 heterocycles. The molecule has 0 radical (unpaired) electrons. The minimum absolute atomic E-state index is 0.197. The maximum atomic E-state index is 11.7. The Labute approximate surface area is 125 Å². The number of sulfonamides is 1. The zero-order chi connectivity index (χ0) is 15.8. The normalized spacial score (nSPS) is 12.6. The van der Waals surface area contributed by atoms with Crippen LogP contribution in [0.1, 0.15) is 37.7 Å². The first-order valence-electron chi connectivity index (χ1n) is 6.62. The maximum absolute atomic E-state index is 11.7. The van der Waals surface area contributed by atoms with Crippen LogP contribution >= 0.6 is 0 Å². The topological polar surface area (TPSA) is 90.9 Å². The average Bonchev–Trinajstić information content (AvgIpc) is 2.75. The maximum Gasteiger partial charge on any atom is 0.273 e. The number of aryl methyl sites for hydroxylation is 1. The average molecular weight is 308 g/mol. The molecular weight excluding hydrogens is 288 g/mol. The van der Waals surface area contributed by atoms with Gasteiger partial charge in [-0.15, -0.1) is 10.2 Å². The molecule has 0 spiro atoms. The molecule has 6 nitrogen and oxygen atoms in total. The Balaban J connectivity index is 2.50. The van der Waals surface area contributed by atoms with Crippen molar-refractivity contribution >= 4 is 10.0 Å². The van der Waals surface area contributed by atoms with E-state index in [1.54, 1.807) is 4.57 Å². The molecular formula is C14H20N4O2S. The number of nitrogens with zero attached hydrogens (tertiary/aromatic N) is 3. The van der Waals surface area contributed by atoms with Crippen molar-refractivity contribution in [1.29, 1.82) is 0 Å². The summed E-state index contributed by atoms with van der Waals surface area (Å²) in [5.74, 6) is 0.579. The highest BCUT2D eigenvalue weighted by Crippen LogP contribution is 2.22. The van der Waals surface area contributed by atoms with Crippen LogP contribution in [0.2, 0.25) is 0 Å². The molecule has 2 rings (SSSR count). The molecule has 1 aromatic carbocycles. The third-order valence-corrected chi connectivity index (χ3v) is 3.88. The highest BCUT2D eigenvalue weighted by molar-refractivity contribution is 7.89. The van der Waals surface area contributed by atoms with Crippen molar-refractivity contribution in [2.45, 2.75) is 44.8 Å². The van der Waals surface area contributed by atoms with Gasteiger partial charge in [0.1, 0.15) is 5.82 Å². The number of benzene rings is 1. The molecule has 2 N–H and O–H groups in total. The van der Waals surface area contributed by atoms with E-state index in [1.165, 1.54) is 5.56 Å². The van der Waals surface area contributed by atoms with Gasteiger partial charge in [-0.25, -0.2) is 13.6 Å². The van der Waals surface area contributed by atoms with Crippen LogP contribution in [0.4, 0.5) is 0 Å². The van der Waals surface area contributed by atoms with E-state index in [4.69, 9.17) is 5.14 Å². The molecule has 0 aliphatic carbocycles. The lowest BCUT2D eigenvalue weighted by Crippen LogP contribution is -2.30. The molecule has 21 heavy (non-hydrogen) atoms. The first kappa shape index (κ1) is 15.7. The molecule has 0 atom stereocenters. The van der Waals surface area contributed by atoms with Gasteiger partial charge in [0.2, 0.25) is 0 Å². The summed E-state index contributed by atoms with van der Waals surface area (Å²) < 4.78 is 24.9. The van der Waals surface area contributed by atoms with Gasteiger partial charge in [0.15, 0.2) is 0 Å². The summed E-state index contributed by atoms with van der Waals surface area (Å²) in [5.41, 5.74) is 1.73. The van der Waals surface area contributed by atoms with Crippen molar-refractivity contribution in [3.63, 3.8) is 0 Å². The summed E-state index contributed by atoms with van der Waals surface area (Å²) in [6.07, 6.45) is 0.500. The second-order valence-electron chi connectivity index (χ2n) is 6.11. The zero-order valence-electron chi connectivity index (χ0n) is 12.7. The number of rotatable bonds is 3. The van der Waals surface area contributed by atoms with Gasteiger partial charge in [-0.2, -0.15) is 0 Å². The Bertz CT molecular complexity index is 740. The van der Waals surface area contributed by atoms with Crippen LogP contribution in [0.3, 0.4) is 0 Å². The van der Waals surface area contributed by atoms with Gasteiger partial charge in [-0.3, -0.25) is 4.57 Å². The van der Waals surface area contributed by atoms with Crippen molar-refractivity contribution in [2.75, 3.05) is 0 Å². The fraction of sp³-hybridized carbons (Fsp3) is 0.429. The lowest BCUT2D eigenvalue weighted by atomic mass is 10.1. The molecule has 0 bridgehead atoms. The van der Waals surface area contributed by atoms with E-state index in [9.17, 15) is 8.42 Å². The minimum atomic E-state index is -3.91. The summed E-state index contributed by atoms with van der Waals surface area (Å²) >= 11 is 0. The Hall–Kier alpha value is -1.73. The van der Waals surface area contributed by atoms with Crippen LogP contribution < -0.4 is 5.14 Å². The van der Waals surface area contributed by atoms with Gasteiger partial charge in [0.05, 0.1) is 0 Å². The predicted octanol–water partition coefficient (Wildman–Crippen LogP) is 1.58. The Morgan fingerprint density at radius 2 is 1.71 bits per heavy atom. The first-order chi connectivity index (χ1) is 9.59. The van der Waals surface area contributed by atoms with Gasteiger partial charge in [0.25, 0.3) is 15.2 Å². The molecule has 0 fully saturated rings. The monoisotopic (exact) mass is 308 g/mol. The summed E-state index contributed by atoms with van der Waals surface area (Å²) in [5, 5.41) is 12.8. The van der Waals surface area contributed by atoms with E-state index in [0.717, 1.165) is 5.56 Å². The number of nitrogens with two attached hydrogens (primary N) is 1. The number of aromatic nitrogens is 3. The van der Waals surface area contributed by atoms with Crippen LogP contribution in [0.15, 0.2) is 29.4 Å². The summed E-state index contributed by atoms with van der Waals surface area (Å²) in [6.45, 7) is 7.69. The molecule has 0 saturated heterocycles. The van der Waals surface area contributed by atoms with Crippen molar-refractivity contribution < 1.29 is 8.42 Å². The van der Waals surface area contributed by atoms with Gasteiger partial charge < -0.3 is 0 Å². The van der Waals surface area contributed by atoms with Crippen molar-refractivity contribution in [1.82, 2.24) is 14.8 Å². The van der Waals surface area contributed by atoms with Gasteiger partial charge >= 0.3 is 0 Å². The van der Waals surface area contributed by atoms with Gasteiger partial charge in [-0.1, -0.05) is 29.8 Å². The van der Waals surface area contributed by atoms with Crippen LogP contribution in [0.25, 0.3) is 0 Å². The predicted molar refractivity (Wildman–Crippen MR) is 80.4 cm³/mol. The standard InChI is InChI=1S/C14H20N4O2S/c1-10-5-7-11(8-6-10)9-12-16-17-13(21(15,19)20)18(12)14(2,3)4/h5-8H,9H2,1-4H3,(H2,15,19,20). The van der Waals surface area contributed by atoms with Crippen molar-refractivity contribution in [3.05, 3.63) is 41.2 Å². The molecule has 114 valence electrons. The minimum Gasteiger partial charge on any atom is -0.295 e. The molecule has 0 aliphatic heterocycles. The second kappa shape index (κ2) is 5.23. The first-order valence-corrected chi connectivity index (χ1v) is 8.17. The molecule has 0 unspecified atom stereocenters. The highest BCUT2D eigenvalue weighted by atomic mass is 32.2. The lowest BCUT2D eigenvalue weighted by molar-refractivity contribution is 0.351. The smallest absolute Gasteiger partial charge is 0.273 e. The van der Waals surface area contributed by atoms with Crippen LogP contribution in [0.5, 0.6) is 0 Å². The fourth-order valence-corrected chi connectivity index (χ4v) is 2.95.